The Labute approximate surface area is 130 Å². The van der Waals surface area contributed by atoms with E-state index in [0.717, 1.165) is 19.0 Å². The van der Waals surface area contributed by atoms with Gasteiger partial charge in [0.25, 0.3) is 0 Å². The number of benzene rings is 1. The molecule has 0 amide bonds. The third-order valence-electron chi connectivity index (χ3n) is 4.98. The summed E-state index contributed by atoms with van der Waals surface area (Å²) >= 11 is 0. The van der Waals surface area contributed by atoms with Gasteiger partial charge in [-0.1, -0.05) is 51.1 Å². The Morgan fingerprint density at radius 1 is 1.24 bits per heavy atom. The summed E-state index contributed by atoms with van der Waals surface area (Å²) in [5, 5.41) is 3.62. The normalized spacial score (nSPS) is 22.3. The second-order valence-corrected chi connectivity index (χ2v) is 6.97. The van der Waals surface area contributed by atoms with Crippen molar-refractivity contribution in [1.82, 2.24) is 10.2 Å². The molecule has 2 atom stereocenters. The molecule has 0 bridgehead atoms. The van der Waals surface area contributed by atoms with Gasteiger partial charge in [0.1, 0.15) is 0 Å². The van der Waals surface area contributed by atoms with Crippen LogP contribution in [0.15, 0.2) is 30.3 Å². The van der Waals surface area contributed by atoms with Gasteiger partial charge in [0.15, 0.2) is 0 Å². The fourth-order valence-corrected chi connectivity index (χ4v) is 3.37. The predicted molar refractivity (Wildman–Crippen MR) is 91.8 cm³/mol. The SMILES string of the molecule is CCCNCC(C)(CC)CN1CCC(c2ccccc2)C1. The highest BCUT2D eigenvalue weighted by Gasteiger charge is 2.30. The van der Waals surface area contributed by atoms with E-state index in [9.17, 15) is 0 Å². The van der Waals surface area contributed by atoms with Crippen LogP contribution in [-0.2, 0) is 0 Å². The van der Waals surface area contributed by atoms with Gasteiger partial charge in [-0.25, -0.2) is 0 Å². The Morgan fingerprint density at radius 3 is 2.67 bits per heavy atom. The summed E-state index contributed by atoms with van der Waals surface area (Å²) in [5.74, 6) is 0.732. The van der Waals surface area contributed by atoms with Crippen LogP contribution < -0.4 is 5.32 Å². The Morgan fingerprint density at radius 2 is 2.00 bits per heavy atom. The van der Waals surface area contributed by atoms with Crippen molar-refractivity contribution in [2.75, 3.05) is 32.7 Å². The van der Waals surface area contributed by atoms with Crippen molar-refractivity contribution < 1.29 is 0 Å². The molecule has 0 aromatic heterocycles. The smallest absolute Gasteiger partial charge is 0.00510 e. The molecule has 1 aromatic rings. The van der Waals surface area contributed by atoms with Crippen molar-refractivity contribution in [2.24, 2.45) is 5.41 Å². The summed E-state index contributed by atoms with van der Waals surface area (Å²) in [4.78, 5) is 2.68. The molecule has 0 spiro atoms. The van der Waals surface area contributed by atoms with E-state index in [0.29, 0.717) is 5.41 Å². The highest BCUT2D eigenvalue weighted by atomic mass is 15.2. The topological polar surface area (TPSA) is 15.3 Å². The summed E-state index contributed by atoms with van der Waals surface area (Å²) in [5.41, 5.74) is 1.92. The summed E-state index contributed by atoms with van der Waals surface area (Å²) in [6, 6.07) is 11.0. The van der Waals surface area contributed by atoms with E-state index in [1.54, 1.807) is 0 Å². The standard InChI is InChI=1S/C19H32N2/c1-4-12-20-15-19(3,5-2)16-21-13-11-18(14-21)17-9-7-6-8-10-17/h6-10,18,20H,4-5,11-16H2,1-3H3. The molecule has 1 saturated heterocycles. The first-order valence-corrected chi connectivity index (χ1v) is 8.65. The van der Waals surface area contributed by atoms with Crippen molar-refractivity contribution in [2.45, 2.75) is 46.0 Å². The van der Waals surface area contributed by atoms with E-state index in [1.165, 1.54) is 44.5 Å². The largest absolute Gasteiger partial charge is 0.316 e. The Kier molecular flexibility index (Phi) is 6.25. The zero-order valence-electron chi connectivity index (χ0n) is 14.1. The van der Waals surface area contributed by atoms with Gasteiger partial charge in [-0.15, -0.1) is 0 Å². The molecule has 1 aliphatic rings. The number of likely N-dealkylation sites (tertiary alicyclic amines) is 1. The maximum atomic E-state index is 3.62. The molecule has 2 rings (SSSR count). The number of nitrogens with one attached hydrogen (secondary N) is 1. The quantitative estimate of drug-likeness (QED) is 0.730. The summed E-state index contributed by atoms with van der Waals surface area (Å²) in [6.45, 7) is 13.0. The van der Waals surface area contributed by atoms with Crippen LogP contribution in [0, 0.1) is 5.41 Å². The Hall–Kier alpha value is -0.860. The molecular formula is C19H32N2. The van der Waals surface area contributed by atoms with Crippen LogP contribution in [0.1, 0.15) is 51.5 Å². The van der Waals surface area contributed by atoms with Crippen LogP contribution in [0.2, 0.25) is 0 Å². The second-order valence-electron chi connectivity index (χ2n) is 6.97. The molecule has 118 valence electrons. The molecule has 0 radical (unpaired) electrons. The number of hydrogen-bond donors (Lipinski definition) is 1. The van der Waals surface area contributed by atoms with Crippen LogP contribution >= 0.6 is 0 Å². The van der Waals surface area contributed by atoms with Crippen molar-refractivity contribution in [3.63, 3.8) is 0 Å². The highest BCUT2D eigenvalue weighted by Crippen LogP contribution is 2.30. The third-order valence-corrected chi connectivity index (χ3v) is 4.98. The number of hydrogen-bond acceptors (Lipinski definition) is 2. The molecule has 1 aliphatic heterocycles. The molecule has 2 heteroatoms. The second kappa shape index (κ2) is 7.95. The molecule has 1 fully saturated rings. The Bertz CT molecular complexity index is 403. The number of rotatable bonds is 8. The molecule has 0 saturated carbocycles. The minimum atomic E-state index is 0.404. The first-order chi connectivity index (χ1) is 10.2. The van der Waals surface area contributed by atoms with E-state index in [-0.39, 0.29) is 0 Å². The van der Waals surface area contributed by atoms with Gasteiger partial charge in [0.2, 0.25) is 0 Å². The zero-order chi connectivity index (χ0) is 15.1. The van der Waals surface area contributed by atoms with Gasteiger partial charge in [0.05, 0.1) is 0 Å². The minimum Gasteiger partial charge on any atom is -0.316 e. The lowest BCUT2D eigenvalue weighted by molar-refractivity contribution is 0.178. The van der Waals surface area contributed by atoms with Crippen molar-refractivity contribution >= 4 is 0 Å². The molecule has 1 heterocycles. The fraction of sp³-hybridized carbons (Fsp3) is 0.684. The average molecular weight is 288 g/mol. The van der Waals surface area contributed by atoms with Crippen LogP contribution in [0.4, 0.5) is 0 Å². The monoisotopic (exact) mass is 288 g/mol. The van der Waals surface area contributed by atoms with Crippen molar-refractivity contribution in [1.29, 1.82) is 0 Å². The zero-order valence-corrected chi connectivity index (χ0v) is 14.1. The van der Waals surface area contributed by atoms with Crippen molar-refractivity contribution in [3.8, 4) is 0 Å². The average Bonchev–Trinajstić information content (AvgIpc) is 2.97. The summed E-state index contributed by atoms with van der Waals surface area (Å²) in [6.07, 6.45) is 3.78. The third kappa shape index (κ3) is 4.82. The van der Waals surface area contributed by atoms with Gasteiger partial charge in [-0.3, -0.25) is 0 Å². The van der Waals surface area contributed by atoms with Gasteiger partial charge in [-0.05, 0) is 49.2 Å². The molecule has 1 aromatic carbocycles. The summed E-state index contributed by atoms with van der Waals surface area (Å²) in [7, 11) is 0. The lowest BCUT2D eigenvalue weighted by Crippen LogP contribution is -2.41. The van der Waals surface area contributed by atoms with Crippen LogP contribution in [0.25, 0.3) is 0 Å². The van der Waals surface area contributed by atoms with E-state index >= 15 is 0 Å². The van der Waals surface area contributed by atoms with Gasteiger partial charge >= 0.3 is 0 Å². The molecule has 2 nitrogen and oxygen atoms in total. The predicted octanol–water partition coefficient (Wildman–Crippen LogP) is 3.89. The minimum absolute atomic E-state index is 0.404. The number of nitrogens with zero attached hydrogens (tertiary/aromatic N) is 1. The lowest BCUT2D eigenvalue weighted by atomic mass is 9.86. The van der Waals surface area contributed by atoms with E-state index in [4.69, 9.17) is 0 Å². The summed E-state index contributed by atoms with van der Waals surface area (Å²) < 4.78 is 0. The van der Waals surface area contributed by atoms with E-state index in [2.05, 4.69) is 61.3 Å². The Balaban J connectivity index is 1.86. The van der Waals surface area contributed by atoms with Gasteiger partial charge < -0.3 is 10.2 Å². The molecule has 21 heavy (non-hydrogen) atoms. The first kappa shape index (κ1) is 16.5. The van der Waals surface area contributed by atoms with Gasteiger partial charge in [-0.2, -0.15) is 0 Å². The van der Waals surface area contributed by atoms with Gasteiger partial charge in [0, 0.05) is 19.6 Å². The van der Waals surface area contributed by atoms with E-state index in [1.807, 2.05) is 0 Å². The maximum absolute atomic E-state index is 3.62. The maximum Gasteiger partial charge on any atom is 0.00510 e. The fourth-order valence-electron chi connectivity index (χ4n) is 3.37. The molecule has 1 N–H and O–H groups in total. The van der Waals surface area contributed by atoms with Crippen molar-refractivity contribution in [3.05, 3.63) is 35.9 Å². The molecular weight excluding hydrogens is 256 g/mol. The van der Waals surface area contributed by atoms with Crippen LogP contribution in [-0.4, -0.2) is 37.6 Å². The van der Waals surface area contributed by atoms with Crippen LogP contribution in [0.5, 0.6) is 0 Å². The highest BCUT2D eigenvalue weighted by molar-refractivity contribution is 5.21. The molecule has 0 aliphatic carbocycles. The molecule has 2 unspecified atom stereocenters. The van der Waals surface area contributed by atoms with Crippen LogP contribution in [0.3, 0.4) is 0 Å². The van der Waals surface area contributed by atoms with E-state index < -0.39 is 0 Å². The first-order valence-electron chi connectivity index (χ1n) is 8.65. The lowest BCUT2D eigenvalue weighted by Gasteiger charge is -2.33.